The van der Waals surface area contributed by atoms with Gasteiger partial charge in [-0.25, -0.2) is 4.98 Å². The largest absolute Gasteiger partial charge is 0.465 e. The van der Waals surface area contributed by atoms with E-state index >= 15 is 0 Å². The van der Waals surface area contributed by atoms with Gasteiger partial charge in [-0.2, -0.15) is 0 Å². The molecular weight excluding hydrogens is 274 g/mol. The first-order chi connectivity index (χ1) is 9.69. The highest BCUT2D eigenvalue weighted by molar-refractivity contribution is 7.15. The molecule has 0 radical (unpaired) electrons. The molecule has 0 bridgehead atoms. The Hall–Kier alpha value is -1.14. The third kappa shape index (κ3) is 2.54. The molecular formula is C14H21N3O2S. The molecule has 0 N–H and O–H groups in total. The van der Waals surface area contributed by atoms with E-state index in [0.717, 1.165) is 49.8 Å². The molecule has 0 saturated carbocycles. The fourth-order valence-electron chi connectivity index (χ4n) is 2.82. The van der Waals surface area contributed by atoms with Crippen LogP contribution < -0.4 is 4.90 Å². The van der Waals surface area contributed by atoms with Gasteiger partial charge >= 0.3 is 5.97 Å². The molecule has 1 atom stereocenters. The van der Waals surface area contributed by atoms with E-state index in [-0.39, 0.29) is 11.9 Å². The van der Waals surface area contributed by atoms with Crippen molar-refractivity contribution in [3.05, 3.63) is 10.6 Å². The number of likely N-dealkylation sites (N-methyl/N-ethyl adjacent to an activating group) is 1. The maximum atomic E-state index is 12.0. The van der Waals surface area contributed by atoms with Crippen molar-refractivity contribution in [3.8, 4) is 0 Å². The molecule has 0 aromatic carbocycles. The van der Waals surface area contributed by atoms with E-state index in [1.165, 1.54) is 4.88 Å². The molecule has 0 amide bonds. The normalized spacial score (nSPS) is 22.9. The van der Waals surface area contributed by atoms with Gasteiger partial charge in [-0.1, -0.05) is 0 Å². The van der Waals surface area contributed by atoms with Gasteiger partial charge in [-0.15, -0.1) is 11.3 Å². The molecule has 2 heterocycles. The summed E-state index contributed by atoms with van der Waals surface area (Å²) in [6, 6.07) is 0. The topological polar surface area (TPSA) is 45.7 Å². The fourth-order valence-corrected chi connectivity index (χ4v) is 4.01. The van der Waals surface area contributed by atoms with Crippen LogP contribution in [0.4, 0.5) is 5.13 Å². The van der Waals surface area contributed by atoms with Crippen LogP contribution in [0, 0.1) is 0 Å². The molecule has 3 rings (SSSR count). The molecule has 1 aliphatic carbocycles. The predicted octanol–water partition coefficient (Wildman–Crippen LogP) is 1.49. The molecule has 5 nitrogen and oxygen atoms in total. The number of aromatic nitrogens is 1. The number of aryl methyl sites for hydroxylation is 1. The maximum Gasteiger partial charge on any atom is 0.315 e. The molecule has 0 spiro atoms. The predicted molar refractivity (Wildman–Crippen MR) is 79.5 cm³/mol. The Morgan fingerprint density at radius 1 is 1.40 bits per heavy atom. The number of piperazine rings is 1. The first-order valence-corrected chi connectivity index (χ1v) is 8.10. The van der Waals surface area contributed by atoms with Crippen molar-refractivity contribution in [1.29, 1.82) is 0 Å². The van der Waals surface area contributed by atoms with Gasteiger partial charge in [0.05, 0.1) is 12.3 Å². The minimum absolute atomic E-state index is 0.110. The average molecular weight is 295 g/mol. The van der Waals surface area contributed by atoms with Crippen molar-refractivity contribution in [1.82, 2.24) is 9.88 Å². The van der Waals surface area contributed by atoms with Gasteiger partial charge < -0.3 is 14.5 Å². The molecule has 6 heteroatoms. The summed E-state index contributed by atoms with van der Waals surface area (Å²) in [4.78, 5) is 22.7. The lowest BCUT2D eigenvalue weighted by Crippen LogP contribution is -2.44. The Morgan fingerprint density at radius 3 is 2.85 bits per heavy atom. The number of anilines is 1. The van der Waals surface area contributed by atoms with E-state index in [2.05, 4.69) is 16.8 Å². The number of esters is 1. The minimum Gasteiger partial charge on any atom is -0.465 e. The van der Waals surface area contributed by atoms with Crippen LogP contribution in [0.15, 0.2) is 0 Å². The third-order valence-electron chi connectivity index (χ3n) is 4.05. The summed E-state index contributed by atoms with van der Waals surface area (Å²) in [6.45, 7) is 6.49. The van der Waals surface area contributed by atoms with Crippen LogP contribution in [-0.2, 0) is 16.0 Å². The lowest BCUT2D eigenvalue weighted by Gasteiger charge is -2.32. The monoisotopic (exact) mass is 295 g/mol. The van der Waals surface area contributed by atoms with Crippen LogP contribution in [0.1, 0.15) is 29.8 Å². The van der Waals surface area contributed by atoms with Gasteiger partial charge in [0.15, 0.2) is 5.13 Å². The Bertz CT molecular complexity index is 495. The molecule has 1 unspecified atom stereocenters. The zero-order chi connectivity index (χ0) is 14.1. The first-order valence-electron chi connectivity index (χ1n) is 7.28. The number of nitrogens with zero attached hydrogens (tertiary/aromatic N) is 3. The molecule has 20 heavy (non-hydrogen) atoms. The molecule has 110 valence electrons. The zero-order valence-electron chi connectivity index (χ0n) is 12.1. The van der Waals surface area contributed by atoms with Crippen LogP contribution in [0.2, 0.25) is 0 Å². The Kier molecular flexibility index (Phi) is 3.94. The molecule has 1 fully saturated rings. The van der Waals surface area contributed by atoms with Gasteiger partial charge in [0.1, 0.15) is 5.92 Å². The van der Waals surface area contributed by atoms with Crippen LogP contribution in [0.25, 0.3) is 0 Å². The van der Waals surface area contributed by atoms with E-state index in [0.29, 0.717) is 6.61 Å². The standard InChI is InChI=1S/C14H21N3O2S/c1-3-19-13(18)10-4-5-11-12(10)15-14(20-11)17-8-6-16(2)7-9-17/h10H,3-9H2,1-2H3. The number of carbonyl (C=O) groups excluding carboxylic acids is 1. The fraction of sp³-hybridized carbons (Fsp3) is 0.714. The number of ether oxygens (including phenoxy) is 1. The van der Waals surface area contributed by atoms with Crippen LogP contribution in [-0.4, -0.2) is 55.7 Å². The van der Waals surface area contributed by atoms with Crippen LogP contribution in [0.3, 0.4) is 0 Å². The zero-order valence-corrected chi connectivity index (χ0v) is 12.9. The molecule has 1 aliphatic heterocycles. The lowest BCUT2D eigenvalue weighted by atomic mass is 10.1. The molecule has 1 saturated heterocycles. The number of hydrogen-bond acceptors (Lipinski definition) is 6. The van der Waals surface area contributed by atoms with E-state index in [1.54, 1.807) is 11.3 Å². The average Bonchev–Trinajstić information content (AvgIpc) is 2.99. The second-order valence-electron chi connectivity index (χ2n) is 5.44. The van der Waals surface area contributed by atoms with Crippen molar-refractivity contribution >= 4 is 22.4 Å². The molecule has 1 aromatic rings. The molecule has 1 aromatic heterocycles. The molecule has 2 aliphatic rings. The van der Waals surface area contributed by atoms with Crippen molar-refractivity contribution < 1.29 is 9.53 Å². The van der Waals surface area contributed by atoms with E-state index < -0.39 is 0 Å². The third-order valence-corrected chi connectivity index (χ3v) is 5.24. The van der Waals surface area contributed by atoms with Crippen LogP contribution >= 0.6 is 11.3 Å². The van der Waals surface area contributed by atoms with Gasteiger partial charge in [0.25, 0.3) is 0 Å². The number of hydrogen-bond donors (Lipinski definition) is 0. The highest BCUT2D eigenvalue weighted by Crippen LogP contribution is 2.40. The number of fused-ring (bicyclic) bond motifs is 1. The van der Waals surface area contributed by atoms with Crippen molar-refractivity contribution in [2.45, 2.75) is 25.7 Å². The lowest BCUT2D eigenvalue weighted by molar-refractivity contribution is -0.145. The van der Waals surface area contributed by atoms with E-state index in [4.69, 9.17) is 9.72 Å². The van der Waals surface area contributed by atoms with Crippen molar-refractivity contribution in [3.63, 3.8) is 0 Å². The summed E-state index contributed by atoms with van der Waals surface area (Å²) in [5.41, 5.74) is 0.974. The van der Waals surface area contributed by atoms with Gasteiger partial charge in [-0.05, 0) is 26.8 Å². The maximum absolute atomic E-state index is 12.0. The quantitative estimate of drug-likeness (QED) is 0.791. The smallest absolute Gasteiger partial charge is 0.315 e. The van der Waals surface area contributed by atoms with Crippen molar-refractivity contribution in [2.24, 2.45) is 0 Å². The van der Waals surface area contributed by atoms with Gasteiger partial charge in [0.2, 0.25) is 0 Å². The number of rotatable bonds is 3. The highest BCUT2D eigenvalue weighted by atomic mass is 32.1. The Balaban J connectivity index is 1.74. The summed E-state index contributed by atoms with van der Waals surface area (Å²) in [6.07, 6.45) is 1.82. The Morgan fingerprint density at radius 2 is 2.15 bits per heavy atom. The first kappa shape index (κ1) is 13.8. The SMILES string of the molecule is CCOC(=O)C1CCc2sc(N3CCN(C)CC3)nc21. The number of carbonyl (C=O) groups is 1. The van der Waals surface area contributed by atoms with Crippen LogP contribution in [0.5, 0.6) is 0 Å². The Labute approximate surface area is 123 Å². The van der Waals surface area contributed by atoms with E-state index in [9.17, 15) is 4.79 Å². The summed E-state index contributed by atoms with van der Waals surface area (Å²) < 4.78 is 5.16. The van der Waals surface area contributed by atoms with E-state index in [1.807, 2.05) is 6.92 Å². The highest BCUT2D eigenvalue weighted by Gasteiger charge is 2.34. The van der Waals surface area contributed by atoms with Gasteiger partial charge in [0, 0.05) is 31.1 Å². The minimum atomic E-state index is -0.137. The van der Waals surface area contributed by atoms with Crippen molar-refractivity contribution in [2.75, 3.05) is 44.7 Å². The number of thiazole rings is 1. The van der Waals surface area contributed by atoms with Gasteiger partial charge in [-0.3, -0.25) is 4.79 Å². The second kappa shape index (κ2) is 5.69. The second-order valence-corrected chi connectivity index (χ2v) is 6.50. The summed E-state index contributed by atoms with van der Waals surface area (Å²) >= 11 is 1.76. The summed E-state index contributed by atoms with van der Waals surface area (Å²) in [5, 5.41) is 1.08. The summed E-state index contributed by atoms with van der Waals surface area (Å²) in [7, 11) is 2.15. The summed E-state index contributed by atoms with van der Waals surface area (Å²) in [5.74, 6) is -0.246.